The molecule has 3 heteroatoms. The molecule has 0 aromatic rings. The molecule has 0 amide bonds. The van der Waals surface area contributed by atoms with Crippen molar-refractivity contribution < 1.29 is 0 Å². The second kappa shape index (κ2) is 6.72. The van der Waals surface area contributed by atoms with Crippen LogP contribution in [0.2, 0.25) is 0 Å². The van der Waals surface area contributed by atoms with E-state index in [2.05, 4.69) is 16.7 Å². The van der Waals surface area contributed by atoms with Crippen LogP contribution in [0.5, 0.6) is 0 Å². The number of hydrogen-bond donors (Lipinski definition) is 1. The van der Waals surface area contributed by atoms with Crippen LogP contribution in [0.4, 0.5) is 0 Å². The summed E-state index contributed by atoms with van der Waals surface area (Å²) in [4.78, 5) is 5.22. The molecule has 100 valence electrons. The fourth-order valence-electron chi connectivity index (χ4n) is 3.26. The Kier molecular flexibility index (Phi) is 5.26. The molecule has 2 aliphatic heterocycles. The van der Waals surface area contributed by atoms with E-state index in [1.54, 1.807) is 0 Å². The number of nitrogens with two attached hydrogens (primary N) is 1. The van der Waals surface area contributed by atoms with E-state index in [9.17, 15) is 0 Å². The first-order valence-electron chi connectivity index (χ1n) is 7.50. The molecular weight excluding hydrogens is 210 g/mol. The predicted molar refractivity (Wildman–Crippen MR) is 73.1 cm³/mol. The predicted octanol–water partition coefficient (Wildman–Crippen LogP) is 1.53. The molecule has 3 nitrogen and oxygen atoms in total. The number of piperidine rings is 1. The minimum atomic E-state index is 0.432. The average Bonchev–Trinajstić information content (AvgIpc) is 2.60. The zero-order valence-corrected chi connectivity index (χ0v) is 11.4. The van der Waals surface area contributed by atoms with Gasteiger partial charge in [-0.3, -0.25) is 0 Å². The van der Waals surface area contributed by atoms with Crippen molar-refractivity contribution in [1.29, 1.82) is 0 Å². The number of hydrogen-bond acceptors (Lipinski definition) is 3. The fraction of sp³-hybridized carbons (Fsp3) is 1.00. The van der Waals surface area contributed by atoms with Crippen molar-refractivity contribution in [2.75, 3.05) is 39.3 Å². The molecule has 2 rings (SSSR count). The van der Waals surface area contributed by atoms with Crippen molar-refractivity contribution in [2.24, 2.45) is 11.7 Å². The van der Waals surface area contributed by atoms with Crippen LogP contribution in [0.1, 0.15) is 39.0 Å². The molecule has 0 saturated carbocycles. The van der Waals surface area contributed by atoms with Gasteiger partial charge in [0.25, 0.3) is 0 Å². The summed E-state index contributed by atoms with van der Waals surface area (Å²) >= 11 is 0. The molecule has 2 unspecified atom stereocenters. The van der Waals surface area contributed by atoms with Crippen LogP contribution in [0.3, 0.4) is 0 Å². The molecule has 17 heavy (non-hydrogen) atoms. The van der Waals surface area contributed by atoms with Gasteiger partial charge in [-0.2, -0.15) is 0 Å². The van der Waals surface area contributed by atoms with Gasteiger partial charge in [0.2, 0.25) is 0 Å². The quantitative estimate of drug-likeness (QED) is 0.811. The third kappa shape index (κ3) is 3.94. The molecular formula is C14H29N3. The lowest BCUT2D eigenvalue weighted by atomic mass is 9.92. The Morgan fingerprint density at radius 3 is 2.35 bits per heavy atom. The Labute approximate surface area is 106 Å². The minimum absolute atomic E-state index is 0.432. The second-order valence-electron chi connectivity index (χ2n) is 5.82. The summed E-state index contributed by atoms with van der Waals surface area (Å²) < 4.78 is 0. The van der Waals surface area contributed by atoms with Crippen molar-refractivity contribution in [3.8, 4) is 0 Å². The summed E-state index contributed by atoms with van der Waals surface area (Å²) in [6.45, 7) is 9.70. The lowest BCUT2D eigenvalue weighted by molar-refractivity contribution is 0.122. The maximum Gasteiger partial charge on any atom is 0.0104 e. The van der Waals surface area contributed by atoms with Crippen molar-refractivity contribution in [1.82, 2.24) is 9.80 Å². The molecule has 2 fully saturated rings. The summed E-state index contributed by atoms with van der Waals surface area (Å²) in [5.41, 5.74) is 6.30. The zero-order chi connectivity index (χ0) is 12.1. The van der Waals surface area contributed by atoms with Gasteiger partial charge in [-0.05, 0) is 51.4 Å². The van der Waals surface area contributed by atoms with Crippen molar-refractivity contribution in [3.63, 3.8) is 0 Å². The smallest absolute Gasteiger partial charge is 0.0104 e. The molecule has 0 aromatic heterocycles. The first kappa shape index (κ1) is 13.3. The van der Waals surface area contributed by atoms with Crippen LogP contribution in [0.25, 0.3) is 0 Å². The fourth-order valence-corrected chi connectivity index (χ4v) is 3.26. The van der Waals surface area contributed by atoms with Gasteiger partial charge in [0.05, 0.1) is 0 Å². The van der Waals surface area contributed by atoms with Crippen LogP contribution in [0.15, 0.2) is 0 Å². The Morgan fingerprint density at radius 2 is 1.71 bits per heavy atom. The molecule has 2 N–H and O–H groups in total. The lowest BCUT2D eigenvalue weighted by Gasteiger charge is -2.38. The van der Waals surface area contributed by atoms with Gasteiger partial charge in [0.15, 0.2) is 0 Å². The largest absolute Gasteiger partial charge is 0.327 e. The minimum Gasteiger partial charge on any atom is -0.327 e. The normalized spacial score (nSPS) is 33.5. The SMILES string of the molecule is CCN1CCC(N)C(CN2CCCCCC2)C1. The van der Waals surface area contributed by atoms with E-state index < -0.39 is 0 Å². The summed E-state index contributed by atoms with van der Waals surface area (Å²) in [5.74, 6) is 0.696. The van der Waals surface area contributed by atoms with Crippen LogP contribution >= 0.6 is 0 Å². The Hall–Kier alpha value is -0.120. The van der Waals surface area contributed by atoms with E-state index in [1.807, 2.05) is 0 Å². The van der Waals surface area contributed by atoms with Gasteiger partial charge in [-0.15, -0.1) is 0 Å². The molecule has 2 saturated heterocycles. The average molecular weight is 239 g/mol. The number of likely N-dealkylation sites (tertiary alicyclic amines) is 2. The van der Waals surface area contributed by atoms with Crippen LogP contribution in [-0.4, -0.2) is 55.1 Å². The van der Waals surface area contributed by atoms with Gasteiger partial charge < -0.3 is 15.5 Å². The summed E-state index contributed by atoms with van der Waals surface area (Å²) in [6, 6.07) is 0.432. The summed E-state index contributed by atoms with van der Waals surface area (Å²) in [7, 11) is 0. The number of rotatable bonds is 3. The first-order chi connectivity index (χ1) is 8.29. The molecule has 0 aromatic carbocycles. The van der Waals surface area contributed by atoms with Gasteiger partial charge in [0.1, 0.15) is 0 Å². The molecule has 2 aliphatic rings. The lowest BCUT2D eigenvalue weighted by Crippen LogP contribution is -2.51. The highest BCUT2D eigenvalue weighted by Crippen LogP contribution is 2.18. The Balaban J connectivity index is 1.82. The topological polar surface area (TPSA) is 32.5 Å². The maximum atomic E-state index is 6.30. The van der Waals surface area contributed by atoms with Crippen molar-refractivity contribution in [3.05, 3.63) is 0 Å². The van der Waals surface area contributed by atoms with Gasteiger partial charge in [-0.1, -0.05) is 19.8 Å². The third-order valence-electron chi connectivity index (χ3n) is 4.52. The highest BCUT2D eigenvalue weighted by molar-refractivity contribution is 4.85. The molecule has 2 heterocycles. The van der Waals surface area contributed by atoms with E-state index in [0.717, 1.165) is 0 Å². The molecule has 0 bridgehead atoms. The monoisotopic (exact) mass is 239 g/mol. The standard InChI is InChI=1S/C14H29N3/c1-2-16-10-7-14(15)13(11-16)12-17-8-5-3-4-6-9-17/h13-14H,2-12,15H2,1H3. The Bertz CT molecular complexity index is 212. The van der Waals surface area contributed by atoms with Crippen LogP contribution < -0.4 is 5.73 Å². The molecule has 0 spiro atoms. The highest BCUT2D eigenvalue weighted by Gasteiger charge is 2.27. The van der Waals surface area contributed by atoms with E-state index in [1.165, 1.54) is 71.4 Å². The second-order valence-corrected chi connectivity index (χ2v) is 5.82. The van der Waals surface area contributed by atoms with Crippen molar-refractivity contribution in [2.45, 2.75) is 45.1 Å². The van der Waals surface area contributed by atoms with Crippen LogP contribution in [0, 0.1) is 5.92 Å². The molecule has 2 atom stereocenters. The number of nitrogens with zero attached hydrogens (tertiary/aromatic N) is 2. The van der Waals surface area contributed by atoms with Gasteiger partial charge in [-0.25, -0.2) is 0 Å². The van der Waals surface area contributed by atoms with Crippen molar-refractivity contribution >= 4 is 0 Å². The summed E-state index contributed by atoms with van der Waals surface area (Å²) in [6.07, 6.45) is 6.81. The molecule has 0 radical (unpaired) electrons. The van der Waals surface area contributed by atoms with Gasteiger partial charge in [0, 0.05) is 19.1 Å². The first-order valence-corrected chi connectivity index (χ1v) is 7.50. The van der Waals surface area contributed by atoms with E-state index >= 15 is 0 Å². The summed E-state index contributed by atoms with van der Waals surface area (Å²) in [5, 5.41) is 0. The highest BCUT2D eigenvalue weighted by atomic mass is 15.2. The molecule has 0 aliphatic carbocycles. The maximum absolute atomic E-state index is 6.30. The van der Waals surface area contributed by atoms with Crippen LogP contribution in [-0.2, 0) is 0 Å². The van der Waals surface area contributed by atoms with Gasteiger partial charge >= 0.3 is 0 Å². The van der Waals surface area contributed by atoms with E-state index in [4.69, 9.17) is 5.73 Å². The zero-order valence-electron chi connectivity index (χ0n) is 11.4. The Morgan fingerprint density at radius 1 is 1.00 bits per heavy atom. The third-order valence-corrected chi connectivity index (χ3v) is 4.52. The van der Waals surface area contributed by atoms with E-state index in [0.29, 0.717) is 12.0 Å². The van der Waals surface area contributed by atoms with E-state index in [-0.39, 0.29) is 0 Å².